The topological polar surface area (TPSA) is 20.2 Å². The van der Waals surface area contributed by atoms with Crippen LogP contribution in [-0.4, -0.2) is 17.0 Å². The molecule has 2 saturated carbocycles. The molecule has 4 unspecified atom stereocenters. The third-order valence-electron chi connectivity index (χ3n) is 4.22. The fourth-order valence-corrected chi connectivity index (χ4v) is 3.99. The predicted octanol–water partition coefficient (Wildman–Crippen LogP) is 2.49. The van der Waals surface area contributed by atoms with Gasteiger partial charge in [0.2, 0.25) is 0 Å². The summed E-state index contributed by atoms with van der Waals surface area (Å²) < 4.78 is 0. The first-order valence-electron chi connectivity index (χ1n) is 5.53. The Morgan fingerprint density at radius 2 is 2.23 bits per heavy atom. The van der Waals surface area contributed by atoms with Gasteiger partial charge in [-0.1, -0.05) is 19.8 Å². The second-order valence-electron chi connectivity index (χ2n) is 4.83. The van der Waals surface area contributed by atoms with Crippen LogP contribution in [0.25, 0.3) is 0 Å². The number of rotatable bonds is 3. The lowest BCUT2D eigenvalue weighted by Gasteiger charge is -2.22. The van der Waals surface area contributed by atoms with Crippen molar-refractivity contribution in [3.05, 3.63) is 0 Å². The van der Waals surface area contributed by atoms with Crippen molar-refractivity contribution in [3.63, 3.8) is 0 Å². The van der Waals surface area contributed by atoms with Gasteiger partial charge in [0.05, 0.1) is 6.10 Å². The first kappa shape index (κ1) is 9.85. The van der Waals surface area contributed by atoms with Crippen molar-refractivity contribution in [2.75, 3.05) is 5.75 Å². The largest absolute Gasteiger partial charge is 0.393 e. The summed E-state index contributed by atoms with van der Waals surface area (Å²) in [4.78, 5) is 0. The molecular weight excluding hydrogens is 180 g/mol. The van der Waals surface area contributed by atoms with E-state index >= 15 is 0 Å². The van der Waals surface area contributed by atoms with Crippen LogP contribution in [0.15, 0.2) is 0 Å². The van der Waals surface area contributed by atoms with Crippen LogP contribution in [-0.2, 0) is 0 Å². The Kier molecular flexibility index (Phi) is 2.63. The molecule has 2 heteroatoms. The SMILES string of the molecule is CCCC1CCC2(CC2O)C1CS. The lowest BCUT2D eigenvalue weighted by Crippen LogP contribution is -2.20. The summed E-state index contributed by atoms with van der Waals surface area (Å²) >= 11 is 4.45. The number of thiol groups is 1. The van der Waals surface area contributed by atoms with Gasteiger partial charge in [-0.05, 0) is 36.9 Å². The first-order valence-corrected chi connectivity index (χ1v) is 6.16. The zero-order chi connectivity index (χ0) is 9.47. The van der Waals surface area contributed by atoms with Gasteiger partial charge < -0.3 is 5.11 Å². The highest BCUT2D eigenvalue weighted by Crippen LogP contribution is 2.64. The summed E-state index contributed by atoms with van der Waals surface area (Å²) in [6, 6.07) is 0. The molecule has 0 saturated heterocycles. The number of hydrogen-bond acceptors (Lipinski definition) is 2. The number of aliphatic hydroxyl groups excluding tert-OH is 1. The zero-order valence-electron chi connectivity index (χ0n) is 8.37. The average Bonchev–Trinajstić information content (AvgIpc) is 2.59. The average molecular weight is 200 g/mol. The molecule has 76 valence electrons. The van der Waals surface area contributed by atoms with Crippen molar-refractivity contribution in [1.29, 1.82) is 0 Å². The van der Waals surface area contributed by atoms with Gasteiger partial charge in [0, 0.05) is 5.41 Å². The first-order chi connectivity index (χ1) is 6.24. The molecule has 0 aromatic carbocycles. The lowest BCUT2D eigenvalue weighted by atomic mass is 9.86. The molecule has 0 heterocycles. The van der Waals surface area contributed by atoms with Crippen molar-refractivity contribution >= 4 is 12.6 Å². The summed E-state index contributed by atoms with van der Waals surface area (Å²) in [5.41, 5.74) is 0.321. The van der Waals surface area contributed by atoms with Gasteiger partial charge in [0.15, 0.2) is 0 Å². The molecule has 0 aromatic heterocycles. The van der Waals surface area contributed by atoms with E-state index in [9.17, 15) is 5.11 Å². The molecule has 13 heavy (non-hydrogen) atoms. The van der Waals surface area contributed by atoms with E-state index < -0.39 is 0 Å². The summed E-state index contributed by atoms with van der Waals surface area (Å²) in [7, 11) is 0. The Morgan fingerprint density at radius 1 is 1.54 bits per heavy atom. The standard InChI is InChI=1S/C11H20OS/c1-2-3-8-4-5-11(6-10(11)12)9(8)7-13/h8-10,12-13H,2-7H2,1H3. The predicted molar refractivity (Wildman–Crippen MR) is 58.0 cm³/mol. The van der Waals surface area contributed by atoms with E-state index in [1.54, 1.807) is 0 Å². The lowest BCUT2D eigenvalue weighted by molar-refractivity contribution is 0.184. The Labute approximate surface area is 86.3 Å². The smallest absolute Gasteiger partial charge is 0.0606 e. The zero-order valence-corrected chi connectivity index (χ0v) is 9.26. The Bertz CT molecular complexity index is 195. The van der Waals surface area contributed by atoms with Crippen LogP contribution in [0.3, 0.4) is 0 Å². The van der Waals surface area contributed by atoms with Gasteiger partial charge in [-0.3, -0.25) is 0 Å². The molecule has 1 spiro atoms. The maximum atomic E-state index is 9.67. The van der Waals surface area contributed by atoms with E-state index in [2.05, 4.69) is 19.6 Å². The molecule has 0 aromatic rings. The Morgan fingerprint density at radius 3 is 2.69 bits per heavy atom. The van der Waals surface area contributed by atoms with Crippen LogP contribution in [0.2, 0.25) is 0 Å². The van der Waals surface area contributed by atoms with Gasteiger partial charge in [0.1, 0.15) is 0 Å². The normalized spacial score (nSPS) is 48.7. The van der Waals surface area contributed by atoms with E-state index in [-0.39, 0.29) is 6.10 Å². The Balaban J connectivity index is 2.02. The minimum absolute atomic E-state index is 0.00602. The van der Waals surface area contributed by atoms with Gasteiger partial charge in [-0.2, -0.15) is 12.6 Å². The van der Waals surface area contributed by atoms with Crippen molar-refractivity contribution in [3.8, 4) is 0 Å². The molecule has 2 fully saturated rings. The second-order valence-corrected chi connectivity index (χ2v) is 5.19. The second kappa shape index (κ2) is 3.47. The molecule has 2 aliphatic rings. The van der Waals surface area contributed by atoms with Crippen molar-refractivity contribution in [1.82, 2.24) is 0 Å². The van der Waals surface area contributed by atoms with Crippen LogP contribution in [0, 0.1) is 17.3 Å². The highest BCUT2D eigenvalue weighted by molar-refractivity contribution is 7.80. The van der Waals surface area contributed by atoms with Crippen LogP contribution in [0.1, 0.15) is 39.0 Å². The maximum Gasteiger partial charge on any atom is 0.0606 e. The van der Waals surface area contributed by atoms with Gasteiger partial charge in [-0.25, -0.2) is 0 Å². The van der Waals surface area contributed by atoms with Crippen molar-refractivity contribution in [2.24, 2.45) is 17.3 Å². The van der Waals surface area contributed by atoms with E-state index in [4.69, 9.17) is 0 Å². The van der Waals surface area contributed by atoms with Gasteiger partial charge in [0.25, 0.3) is 0 Å². The molecule has 2 rings (SSSR count). The molecule has 0 radical (unpaired) electrons. The van der Waals surface area contributed by atoms with Crippen LogP contribution in [0.5, 0.6) is 0 Å². The van der Waals surface area contributed by atoms with Crippen molar-refractivity contribution in [2.45, 2.75) is 45.1 Å². The summed E-state index contributed by atoms with van der Waals surface area (Å²) in [6.07, 6.45) is 6.26. The summed E-state index contributed by atoms with van der Waals surface area (Å²) in [5, 5.41) is 9.67. The van der Waals surface area contributed by atoms with E-state index in [1.807, 2.05) is 0 Å². The van der Waals surface area contributed by atoms with Gasteiger partial charge in [-0.15, -0.1) is 0 Å². The van der Waals surface area contributed by atoms with Crippen LogP contribution in [0.4, 0.5) is 0 Å². The summed E-state index contributed by atoms with van der Waals surface area (Å²) in [5.74, 6) is 2.52. The van der Waals surface area contributed by atoms with E-state index in [0.29, 0.717) is 11.3 Å². The minimum Gasteiger partial charge on any atom is -0.393 e. The van der Waals surface area contributed by atoms with Crippen molar-refractivity contribution < 1.29 is 5.11 Å². The monoisotopic (exact) mass is 200 g/mol. The third kappa shape index (κ3) is 1.42. The quantitative estimate of drug-likeness (QED) is 0.671. The molecule has 1 nitrogen and oxygen atoms in total. The van der Waals surface area contributed by atoms with E-state index in [1.165, 1.54) is 25.7 Å². The molecule has 0 bridgehead atoms. The minimum atomic E-state index is 0.00602. The van der Waals surface area contributed by atoms with E-state index in [0.717, 1.165) is 18.1 Å². The molecular formula is C11H20OS. The van der Waals surface area contributed by atoms with Gasteiger partial charge >= 0.3 is 0 Å². The fraction of sp³-hybridized carbons (Fsp3) is 1.00. The molecule has 0 amide bonds. The molecule has 0 aliphatic heterocycles. The van der Waals surface area contributed by atoms with Crippen LogP contribution >= 0.6 is 12.6 Å². The summed E-state index contributed by atoms with van der Waals surface area (Å²) in [6.45, 7) is 2.25. The van der Waals surface area contributed by atoms with Crippen LogP contribution < -0.4 is 0 Å². The maximum absolute atomic E-state index is 9.67. The Hall–Kier alpha value is 0.310. The number of aliphatic hydroxyl groups is 1. The highest BCUT2D eigenvalue weighted by Gasteiger charge is 2.62. The number of hydrogen-bond donors (Lipinski definition) is 2. The highest BCUT2D eigenvalue weighted by atomic mass is 32.1. The fourth-order valence-electron chi connectivity index (χ4n) is 3.33. The molecule has 2 aliphatic carbocycles. The third-order valence-corrected chi connectivity index (χ3v) is 4.61. The molecule has 4 atom stereocenters. The molecule has 1 N–H and O–H groups in total.